The van der Waals surface area contributed by atoms with Crippen LogP contribution in [0.25, 0.3) is 11.0 Å². The highest BCUT2D eigenvalue weighted by Crippen LogP contribution is 2.30. The zero-order chi connectivity index (χ0) is 23.7. The number of carbonyl (C=O) groups is 1. The third-order valence-electron chi connectivity index (χ3n) is 4.19. The topological polar surface area (TPSA) is 92.8 Å². The predicted molar refractivity (Wildman–Crippen MR) is 97.1 cm³/mol. The summed E-state index contributed by atoms with van der Waals surface area (Å²) >= 11 is 0. The summed E-state index contributed by atoms with van der Waals surface area (Å²) in [6, 6.07) is 8.68. The quantitative estimate of drug-likeness (QED) is 0.584. The van der Waals surface area contributed by atoms with Crippen LogP contribution in [0.4, 0.5) is 26.3 Å². The van der Waals surface area contributed by atoms with E-state index >= 15 is 0 Å². The molecule has 13 heteroatoms. The van der Waals surface area contributed by atoms with Gasteiger partial charge < -0.3 is 10.1 Å². The Morgan fingerprint density at radius 3 is 2.25 bits per heavy atom. The summed E-state index contributed by atoms with van der Waals surface area (Å²) in [5.74, 6) is -1.30. The number of carbonyl (C=O) groups excluding carboxylic acids is 1. The van der Waals surface area contributed by atoms with Gasteiger partial charge in [0.2, 0.25) is 0 Å². The van der Waals surface area contributed by atoms with Crippen molar-refractivity contribution in [2.45, 2.75) is 31.5 Å². The van der Waals surface area contributed by atoms with Crippen molar-refractivity contribution in [3.05, 3.63) is 53.6 Å². The lowest BCUT2D eigenvalue weighted by atomic mass is 10.0. The molecule has 0 spiro atoms. The van der Waals surface area contributed by atoms with Crippen LogP contribution < -0.4 is 10.1 Å². The zero-order valence-electron chi connectivity index (χ0n) is 16.1. The smallest absolute Gasteiger partial charge is 0.406 e. The lowest BCUT2D eigenvalue weighted by Crippen LogP contribution is -2.48. The summed E-state index contributed by atoms with van der Waals surface area (Å²) in [6.07, 6.45) is -9.45. The molecule has 0 bridgehead atoms. The van der Waals surface area contributed by atoms with E-state index in [1.54, 1.807) is 0 Å². The van der Waals surface area contributed by atoms with Crippen LogP contribution in [0.2, 0.25) is 0 Å². The molecule has 1 N–H and O–H groups in total. The number of hydrogen-bond acceptors (Lipinski definition) is 5. The predicted octanol–water partition coefficient (Wildman–Crippen LogP) is 4.06. The van der Waals surface area contributed by atoms with Crippen LogP contribution >= 0.6 is 0 Å². The van der Waals surface area contributed by atoms with Crippen molar-refractivity contribution >= 4 is 16.9 Å². The molecule has 32 heavy (non-hydrogen) atoms. The van der Waals surface area contributed by atoms with Crippen molar-refractivity contribution in [1.29, 1.82) is 5.26 Å². The van der Waals surface area contributed by atoms with Gasteiger partial charge in [-0.2, -0.15) is 33.4 Å². The standard InChI is InChI=1S/C19H13F6N5O2/c1-17(9-26,27-16(31)11-2-5-13(6-3-11)32-19(23,24)25)10-30-28-14-7-4-12(18(20,21)22)8-15(14)29-30/h2-8H,10H2,1H3,(H,27,31). The summed E-state index contributed by atoms with van der Waals surface area (Å²) in [4.78, 5) is 13.4. The average Bonchev–Trinajstić information content (AvgIpc) is 3.07. The highest BCUT2D eigenvalue weighted by Gasteiger charge is 2.33. The van der Waals surface area contributed by atoms with Gasteiger partial charge in [-0.15, -0.1) is 13.2 Å². The van der Waals surface area contributed by atoms with Gasteiger partial charge in [0, 0.05) is 5.56 Å². The largest absolute Gasteiger partial charge is 0.573 e. The summed E-state index contributed by atoms with van der Waals surface area (Å²) in [5.41, 5.74) is -2.43. The van der Waals surface area contributed by atoms with Gasteiger partial charge in [-0.1, -0.05) is 0 Å². The molecule has 0 saturated carbocycles. The zero-order valence-corrected chi connectivity index (χ0v) is 16.1. The van der Waals surface area contributed by atoms with E-state index in [4.69, 9.17) is 0 Å². The Balaban J connectivity index is 1.75. The molecule has 1 amide bonds. The molecule has 0 radical (unpaired) electrons. The Morgan fingerprint density at radius 2 is 1.69 bits per heavy atom. The Morgan fingerprint density at radius 1 is 1.06 bits per heavy atom. The van der Waals surface area contributed by atoms with E-state index < -0.39 is 35.3 Å². The minimum atomic E-state index is -4.88. The fraction of sp³-hybridized carbons (Fsp3) is 0.263. The molecule has 1 atom stereocenters. The Kier molecular flexibility index (Phi) is 5.73. The van der Waals surface area contributed by atoms with Crippen LogP contribution in [-0.4, -0.2) is 32.8 Å². The SMILES string of the molecule is CC(C#N)(Cn1nc2ccc(C(F)(F)F)cc2n1)NC(=O)c1ccc(OC(F)(F)F)cc1. The highest BCUT2D eigenvalue weighted by molar-refractivity contribution is 5.95. The maximum absolute atomic E-state index is 12.8. The molecule has 0 aliphatic carbocycles. The average molecular weight is 457 g/mol. The Hall–Kier alpha value is -3.82. The molecule has 1 heterocycles. The number of ether oxygens (including phenoxy) is 1. The molecule has 3 rings (SSSR count). The summed E-state index contributed by atoms with van der Waals surface area (Å²) < 4.78 is 78.9. The Labute approximate surface area is 176 Å². The maximum Gasteiger partial charge on any atom is 0.573 e. The molecule has 0 fully saturated rings. The van der Waals surface area contributed by atoms with Gasteiger partial charge >= 0.3 is 12.5 Å². The van der Waals surface area contributed by atoms with E-state index in [0.717, 1.165) is 47.3 Å². The molecule has 0 saturated heterocycles. The van der Waals surface area contributed by atoms with Gasteiger partial charge in [0.25, 0.3) is 5.91 Å². The fourth-order valence-electron chi connectivity index (χ4n) is 2.72. The second-order valence-corrected chi connectivity index (χ2v) is 6.90. The monoisotopic (exact) mass is 457 g/mol. The number of halogens is 6. The van der Waals surface area contributed by atoms with Crippen molar-refractivity contribution in [3.63, 3.8) is 0 Å². The van der Waals surface area contributed by atoms with Gasteiger partial charge in [-0.25, -0.2) is 0 Å². The first-order chi connectivity index (χ1) is 14.8. The number of nitriles is 1. The fourth-order valence-corrected chi connectivity index (χ4v) is 2.72. The van der Waals surface area contributed by atoms with Crippen LogP contribution in [0.15, 0.2) is 42.5 Å². The first-order valence-corrected chi connectivity index (χ1v) is 8.80. The summed E-state index contributed by atoms with van der Waals surface area (Å²) in [7, 11) is 0. The van der Waals surface area contributed by atoms with E-state index in [1.807, 2.05) is 6.07 Å². The van der Waals surface area contributed by atoms with Gasteiger partial charge in [-0.3, -0.25) is 4.79 Å². The number of nitrogens with zero attached hydrogens (tertiary/aromatic N) is 4. The lowest BCUT2D eigenvalue weighted by Gasteiger charge is -2.22. The van der Waals surface area contributed by atoms with E-state index in [-0.39, 0.29) is 23.1 Å². The number of amides is 1. The second kappa shape index (κ2) is 8.03. The second-order valence-electron chi connectivity index (χ2n) is 6.90. The van der Waals surface area contributed by atoms with Crippen LogP contribution in [0.5, 0.6) is 5.75 Å². The molecule has 7 nitrogen and oxygen atoms in total. The molecule has 0 aliphatic heterocycles. The van der Waals surface area contributed by atoms with E-state index in [9.17, 15) is 36.4 Å². The van der Waals surface area contributed by atoms with Crippen molar-refractivity contribution in [2.24, 2.45) is 0 Å². The maximum atomic E-state index is 12.8. The van der Waals surface area contributed by atoms with Crippen LogP contribution in [0, 0.1) is 11.3 Å². The molecule has 1 unspecified atom stereocenters. The first-order valence-electron chi connectivity index (χ1n) is 8.80. The van der Waals surface area contributed by atoms with Crippen LogP contribution in [0.3, 0.4) is 0 Å². The summed E-state index contributed by atoms with van der Waals surface area (Å²) in [5, 5.41) is 19.9. The number of rotatable bonds is 5. The minimum Gasteiger partial charge on any atom is -0.406 e. The number of alkyl halides is 6. The number of fused-ring (bicyclic) bond motifs is 1. The molecule has 0 aliphatic rings. The van der Waals surface area contributed by atoms with E-state index in [1.165, 1.54) is 6.92 Å². The third kappa shape index (κ3) is 5.45. The van der Waals surface area contributed by atoms with E-state index in [2.05, 4.69) is 20.3 Å². The van der Waals surface area contributed by atoms with Crippen molar-refractivity contribution in [2.75, 3.05) is 0 Å². The highest BCUT2D eigenvalue weighted by atomic mass is 19.4. The van der Waals surface area contributed by atoms with Crippen molar-refractivity contribution < 1.29 is 35.9 Å². The third-order valence-corrected chi connectivity index (χ3v) is 4.19. The number of nitrogens with one attached hydrogen (secondary N) is 1. The minimum absolute atomic E-state index is 0.0468. The van der Waals surface area contributed by atoms with Crippen molar-refractivity contribution in [1.82, 2.24) is 20.3 Å². The Bertz CT molecular complexity index is 1180. The van der Waals surface area contributed by atoms with Gasteiger partial charge in [0.1, 0.15) is 22.3 Å². The van der Waals surface area contributed by atoms with Gasteiger partial charge in [0.15, 0.2) is 0 Å². The first kappa shape index (κ1) is 22.9. The molecule has 2 aromatic carbocycles. The van der Waals surface area contributed by atoms with E-state index in [0.29, 0.717) is 0 Å². The molecule has 168 valence electrons. The number of hydrogen-bond donors (Lipinski definition) is 1. The van der Waals surface area contributed by atoms with Crippen molar-refractivity contribution in [3.8, 4) is 11.8 Å². The normalized spacial score (nSPS) is 13.9. The summed E-state index contributed by atoms with van der Waals surface area (Å²) in [6.45, 7) is 1.03. The van der Waals surface area contributed by atoms with Gasteiger partial charge in [0.05, 0.1) is 18.2 Å². The van der Waals surface area contributed by atoms with Crippen LogP contribution in [-0.2, 0) is 12.7 Å². The lowest BCUT2D eigenvalue weighted by molar-refractivity contribution is -0.274. The van der Waals surface area contributed by atoms with Crippen LogP contribution in [0.1, 0.15) is 22.8 Å². The number of benzene rings is 2. The molecular weight excluding hydrogens is 444 g/mol. The molecular formula is C19H13F6N5O2. The molecule has 3 aromatic rings. The number of aromatic nitrogens is 3. The molecule has 1 aromatic heterocycles. The van der Waals surface area contributed by atoms with Gasteiger partial charge in [-0.05, 0) is 49.4 Å².